The van der Waals surface area contributed by atoms with Crippen LogP contribution in [0.4, 0.5) is 11.4 Å². The molecule has 0 bridgehead atoms. The van der Waals surface area contributed by atoms with E-state index in [1.54, 1.807) is 6.07 Å². The molecule has 1 unspecified atom stereocenters. The highest BCUT2D eigenvalue weighted by molar-refractivity contribution is 6.30. The van der Waals surface area contributed by atoms with Crippen molar-refractivity contribution in [2.24, 2.45) is 4.99 Å². The molecule has 5 rings (SSSR count). The number of aromatic hydroxyl groups is 1. The number of phenols is 1. The van der Waals surface area contributed by atoms with Crippen LogP contribution in [0, 0.1) is 0 Å². The maximum absolute atomic E-state index is 10.8. The fourth-order valence-electron chi connectivity index (χ4n) is 3.93. The Morgan fingerprint density at radius 1 is 0.862 bits per heavy atom. The minimum absolute atomic E-state index is 0.00744. The molecule has 0 fully saturated rings. The zero-order valence-electron chi connectivity index (χ0n) is 15.6. The van der Waals surface area contributed by atoms with Gasteiger partial charge >= 0.3 is 0 Å². The lowest BCUT2D eigenvalue weighted by molar-refractivity contribution is 0.475. The van der Waals surface area contributed by atoms with Crippen molar-refractivity contribution in [2.75, 3.05) is 5.32 Å². The predicted molar refractivity (Wildman–Crippen MR) is 121 cm³/mol. The van der Waals surface area contributed by atoms with E-state index in [0.717, 1.165) is 39.0 Å². The van der Waals surface area contributed by atoms with Gasteiger partial charge in [0.15, 0.2) is 0 Å². The van der Waals surface area contributed by atoms with Gasteiger partial charge in [-0.3, -0.25) is 4.99 Å². The number of rotatable bonds is 2. The molecule has 2 N–H and O–H groups in total. The Morgan fingerprint density at radius 2 is 1.62 bits per heavy atom. The van der Waals surface area contributed by atoms with Gasteiger partial charge in [-0.1, -0.05) is 66.2 Å². The molecule has 142 valence electrons. The normalized spacial score (nSPS) is 15.9. The van der Waals surface area contributed by atoms with Crippen LogP contribution in [0.1, 0.15) is 23.6 Å². The van der Waals surface area contributed by atoms with Crippen molar-refractivity contribution in [2.45, 2.75) is 12.5 Å². The van der Waals surface area contributed by atoms with E-state index >= 15 is 0 Å². The third kappa shape index (κ3) is 3.34. The highest BCUT2D eigenvalue weighted by Crippen LogP contribution is 2.38. The first kappa shape index (κ1) is 17.8. The molecular formula is C25H19ClN2O. The molecule has 1 heterocycles. The van der Waals surface area contributed by atoms with Crippen LogP contribution >= 0.6 is 11.6 Å². The SMILES string of the molecule is Oc1ccc2ccccc2c1C1=Nc2ccccc2NC(c2ccc(Cl)cc2)C1. The lowest BCUT2D eigenvalue weighted by Gasteiger charge is -2.20. The number of nitrogens with zero attached hydrogens (tertiary/aromatic N) is 1. The van der Waals surface area contributed by atoms with Gasteiger partial charge in [-0.05, 0) is 46.7 Å². The number of benzene rings is 4. The van der Waals surface area contributed by atoms with E-state index in [4.69, 9.17) is 16.6 Å². The molecule has 1 atom stereocenters. The first-order valence-electron chi connectivity index (χ1n) is 9.59. The van der Waals surface area contributed by atoms with Crippen LogP contribution in [0.2, 0.25) is 5.02 Å². The monoisotopic (exact) mass is 398 g/mol. The van der Waals surface area contributed by atoms with Crippen LogP contribution in [-0.4, -0.2) is 10.8 Å². The van der Waals surface area contributed by atoms with E-state index in [-0.39, 0.29) is 11.8 Å². The van der Waals surface area contributed by atoms with Crippen LogP contribution in [0.5, 0.6) is 5.75 Å². The van der Waals surface area contributed by atoms with Gasteiger partial charge in [0.1, 0.15) is 5.75 Å². The number of nitrogens with one attached hydrogen (secondary N) is 1. The number of hydrogen-bond acceptors (Lipinski definition) is 3. The minimum Gasteiger partial charge on any atom is -0.507 e. The topological polar surface area (TPSA) is 44.6 Å². The van der Waals surface area contributed by atoms with Gasteiger partial charge in [0.05, 0.1) is 23.1 Å². The molecule has 0 aromatic heterocycles. The van der Waals surface area contributed by atoms with Crippen LogP contribution in [0.15, 0.2) is 89.9 Å². The molecule has 0 aliphatic carbocycles. The van der Waals surface area contributed by atoms with Gasteiger partial charge in [-0.15, -0.1) is 0 Å². The van der Waals surface area contributed by atoms with Gasteiger partial charge in [0.25, 0.3) is 0 Å². The Bertz CT molecular complexity index is 1230. The Hall–Kier alpha value is -3.30. The zero-order valence-corrected chi connectivity index (χ0v) is 16.4. The second-order valence-electron chi connectivity index (χ2n) is 7.21. The fourth-order valence-corrected chi connectivity index (χ4v) is 4.06. The summed E-state index contributed by atoms with van der Waals surface area (Å²) >= 11 is 6.10. The first-order valence-corrected chi connectivity index (χ1v) is 9.96. The zero-order chi connectivity index (χ0) is 19.8. The standard InChI is InChI=1S/C25H19ClN2O/c26-18-12-9-17(10-13-18)22-15-23(28-21-8-4-3-7-20(21)27-22)25-19-6-2-1-5-16(19)11-14-24(25)29/h1-14,22,27,29H,15H2. The Labute approximate surface area is 174 Å². The molecule has 0 saturated heterocycles. The summed E-state index contributed by atoms with van der Waals surface area (Å²) in [5.41, 5.74) is 4.62. The Balaban J connectivity index is 1.70. The minimum atomic E-state index is 0.00744. The van der Waals surface area contributed by atoms with Crippen molar-refractivity contribution in [1.82, 2.24) is 0 Å². The summed E-state index contributed by atoms with van der Waals surface area (Å²) in [6.45, 7) is 0. The summed E-state index contributed by atoms with van der Waals surface area (Å²) in [4.78, 5) is 4.98. The van der Waals surface area contributed by atoms with E-state index in [0.29, 0.717) is 11.4 Å². The number of para-hydroxylation sites is 2. The smallest absolute Gasteiger partial charge is 0.125 e. The summed E-state index contributed by atoms with van der Waals surface area (Å²) in [7, 11) is 0. The number of aliphatic imine (C=N–C) groups is 1. The van der Waals surface area contributed by atoms with Gasteiger partial charge < -0.3 is 10.4 Å². The Kier molecular flexibility index (Phi) is 4.45. The van der Waals surface area contributed by atoms with Crippen molar-refractivity contribution < 1.29 is 5.11 Å². The summed E-state index contributed by atoms with van der Waals surface area (Å²) in [5.74, 6) is 0.247. The number of fused-ring (bicyclic) bond motifs is 2. The average Bonchev–Trinajstić information content (AvgIpc) is 2.93. The molecule has 4 aromatic carbocycles. The number of anilines is 1. The molecule has 1 aliphatic heterocycles. The third-order valence-corrected chi connectivity index (χ3v) is 5.61. The molecule has 0 spiro atoms. The molecule has 4 aromatic rings. The molecule has 1 aliphatic rings. The van der Waals surface area contributed by atoms with E-state index in [2.05, 4.69) is 11.4 Å². The molecule has 0 saturated carbocycles. The highest BCUT2D eigenvalue weighted by Gasteiger charge is 2.23. The first-order chi connectivity index (χ1) is 14.2. The van der Waals surface area contributed by atoms with E-state index in [1.807, 2.05) is 72.8 Å². The molecule has 4 heteroatoms. The lowest BCUT2D eigenvalue weighted by atomic mass is 9.93. The van der Waals surface area contributed by atoms with Gasteiger partial charge in [-0.2, -0.15) is 0 Å². The quantitative estimate of drug-likeness (QED) is 0.386. The van der Waals surface area contributed by atoms with E-state index in [1.165, 1.54) is 0 Å². The molecule has 0 amide bonds. The van der Waals surface area contributed by atoms with Crippen LogP contribution in [0.3, 0.4) is 0 Å². The van der Waals surface area contributed by atoms with Gasteiger partial charge in [-0.25, -0.2) is 0 Å². The summed E-state index contributed by atoms with van der Waals surface area (Å²) < 4.78 is 0. The molecular weight excluding hydrogens is 380 g/mol. The summed E-state index contributed by atoms with van der Waals surface area (Å²) in [5, 5.41) is 17.2. The summed E-state index contributed by atoms with van der Waals surface area (Å²) in [6, 6.07) is 27.7. The predicted octanol–water partition coefficient (Wildman–Crippen LogP) is 6.88. The van der Waals surface area contributed by atoms with Crippen molar-refractivity contribution in [3.8, 4) is 5.75 Å². The molecule has 29 heavy (non-hydrogen) atoms. The Morgan fingerprint density at radius 3 is 2.48 bits per heavy atom. The van der Waals surface area contributed by atoms with Crippen LogP contribution < -0.4 is 5.32 Å². The van der Waals surface area contributed by atoms with Crippen molar-refractivity contribution >= 4 is 39.5 Å². The van der Waals surface area contributed by atoms with E-state index < -0.39 is 0 Å². The largest absolute Gasteiger partial charge is 0.507 e. The second-order valence-corrected chi connectivity index (χ2v) is 7.65. The van der Waals surface area contributed by atoms with Gasteiger partial charge in [0, 0.05) is 17.0 Å². The highest BCUT2D eigenvalue weighted by atomic mass is 35.5. The van der Waals surface area contributed by atoms with E-state index in [9.17, 15) is 5.11 Å². The second kappa shape index (κ2) is 7.26. The van der Waals surface area contributed by atoms with Gasteiger partial charge in [0.2, 0.25) is 0 Å². The van der Waals surface area contributed by atoms with Crippen molar-refractivity contribution in [1.29, 1.82) is 0 Å². The molecule has 0 radical (unpaired) electrons. The lowest BCUT2D eigenvalue weighted by Crippen LogP contribution is -2.14. The number of phenolic OH excluding ortho intramolecular Hbond substituents is 1. The summed E-state index contributed by atoms with van der Waals surface area (Å²) in [6.07, 6.45) is 0.637. The number of halogens is 1. The number of hydrogen-bond donors (Lipinski definition) is 2. The van der Waals surface area contributed by atoms with Crippen molar-refractivity contribution in [3.05, 3.63) is 101 Å². The fraction of sp³-hybridized carbons (Fsp3) is 0.0800. The molecule has 3 nitrogen and oxygen atoms in total. The van der Waals surface area contributed by atoms with Crippen molar-refractivity contribution in [3.63, 3.8) is 0 Å². The maximum Gasteiger partial charge on any atom is 0.125 e. The van der Waals surface area contributed by atoms with Crippen LogP contribution in [0.25, 0.3) is 10.8 Å². The van der Waals surface area contributed by atoms with Crippen LogP contribution in [-0.2, 0) is 0 Å². The average molecular weight is 399 g/mol. The maximum atomic E-state index is 10.8. The third-order valence-electron chi connectivity index (χ3n) is 5.35.